The molecule has 0 saturated carbocycles. The van der Waals surface area contributed by atoms with Crippen LogP contribution in [0.5, 0.6) is 17.2 Å². The van der Waals surface area contributed by atoms with Crippen LogP contribution < -0.4 is 30.2 Å². The molecule has 0 fully saturated rings. The van der Waals surface area contributed by atoms with E-state index in [1.54, 1.807) is 24.3 Å². The molecule has 0 aliphatic heterocycles. The summed E-state index contributed by atoms with van der Waals surface area (Å²) in [7, 11) is 4.40. The van der Waals surface area contributed by atoms with Crippen LogP contribution in [-0.4, -0.2) is 55.0 Å². The highest BCUT2D eigenvalue weighted by Gasteiger charge is 2.18. The number of benzene rings is 2. The van der Waals surface area contributed by atoms with Gasteiger partial charge in [0, 0.05) is 23.9 Å². The van der Waals surface area contributed by atoms with E-state index >= 15 is 0 Å². The van der Waals surface area contributed by atoms with Crippen molar-refractivity contribution in [1.29, 1.82) is 0 Å². The lowest BCUT2D eigenvalue weighted by molar-refractivity contribution is -0.114. The summed E-state index contributed by atoms with van der Waals surface area (Å²) in [6, 6.07) is 9.82. The maximum absolute atomic E-state index is 12.7. The summed E-state index contributed by atoms with van der Waals surface area (Å²) in [6.45, 7) is 1.42. The Bertz CT molecular complexity index is 1190. The fourth-order valence-corrected chi connectivity index (χ4v) is 4.41. The van der Waals surface area contributed by atoms with E-state index in [4.69, 9.17) is 14.2 Å². The highest BCUT2D eigenvalue weighted by atomic mass is 32.2. The summed E-state index contributed by atoms with van der Waals surface area (Å²) in [4.78, 5) is 36.0. The van der Waals surface area contributed by atoms with Gasteiger partial charge in [-0.3, -0.25) is 19.7 Å². The molecule has 3 amide bonds. The fourth-order valence-electron chi connectivity index (χ4n) is 2.86. The van der Waals surface area contributed by atoms with E-state index < -0.39 is 5.91 Å². The zero-order valence-corrected chi connectivity index (χ0v) is 21.0. The Balaban J connectivity index is 1.55. The molecule has 0 bridgehead atoms. The van der Waals surface area contributed by atoms with Crippen molar-refractivity contribution in [3.05, 3.63) is 42.0 Å². The first-order chi connectivity index (χ1) is 16.8. The van der Waals surface area contributed by atoms with Gasteiger partial charge >= 0.3 is 0 Å². The number of aromatic nitrogens is 2. The first kappa shape index (κ1) is 25.8. The first-order valence-electron chi connectivity index (χ1n) is 10.1. The Morgan fingerprint density at radius 1 is 0.886 bits per heavy atom. The average Bonchev–Trinajstić information content (AvgIpc) is 3.29. The number of amides is 3. The fraction of sp³-hybridized carbons (Fsp3) is 0.227. The van der Waals surface area contributed by atoms with E-state index in [1.807, 2.05) is 0 Å². The van der Waals surface area contributed by atoms with Crippen LogP contribution in [0.4, 0.5) is 16.5 Å². The van der Waals surface area contributed by atoms with Gasteiger partial charge in [-0.2, -0.15) is 0 Å². The number of anilines is 3. The Morgan fingerprint density at radius 3 is 2.03 bits per heavy atom. The van der Waals surface area contributed by atoms with Gasteiger partial charge in [0.15, 0.2) is 15.8 Å². The Morgan fingerprint density at radius 2 is 1.49 bits per heavy atom. The zero-order chi connectivity index (χ0) is 25.4. The van der Waals surface area contributed by atoms with Crippen LogP contribution >= 0.6 is 23.1 Å². The van der Waals surface area contributed by atoms with Crippen LogP contribution in [-0.2, 0) is 9.59 Å². The van der Waals surface area contributed by atoms with Crippen LogP contribution in [0.25, 0.3) is 0 Å². The molecule has 3 rings (SSSR count). The normalized spacial score (nSPS) is 10.3. The molecule has 0 radical (unpaired) electrons. The molecule has 2 aromatic carbocycles. The number of hydrogen-bond donors (Lipinski definition) is 3. The number of carbonyl (C=O) groups excluding carboxylic acids is 3. The molecule has 1 aromatic heterocycles. The van der Waals surface area contributed by atoms with Crippen LogP contribution in [0.3, 0.4) is 0 Å². The molecule has 0 aliphatic rings. The second kappa shape index (κ2) is 12.0. The third kappa shape index (κ3) is 7.07. The second-order valence-corrected chi connectivity index (χ2v) is 9.04. The number of ether oxygens (including phenoxy) is 3. The molecule has 1 heterocycles. The molecule has 13 heteroatoms. The average molecular weight is 518 g/mol. The van der Waals surface area contributed by atoms with Gasteiger partial charge in [-0.1, -0.05) is 23.1 Å². The van der Waals surface area contributed by atoms with E-state index in [-0.39, 0.29) is 28.3 Å². The maximum Gasteiger partial charge on any atom is 0.257 e. The summed E-state index contributed by atoms with van der Waals surface area (Å²) in [5.74, 6) is 0.334. The number of nitrogens with one attached hydrogen (secondary N) is 3. The number of rotatable bonds is 10. The van der Waals surface area contributed by atoms with Crippen molar-refractivity contribution < 1.29 is 28.6 Å². The van der Waals surface area contributed by atoms with Crippen molar-refractivity contribution in [2.75, 3.05) is 43.0 Å². The van der Waals surface area contributed by atoms with Gasteiger partial charge in [-0.15, -0.1) is 10.2 Å². The highest BCUT2D eigenvalue weighted by molar-refractivity contribution is 8.01. The first-order valence-corrected chi connectivity index (χ1v) is 11.9. The Hall–Kier alpha value is -3.84. The van der Waals surface area contributed by atoms with Crippen molar-refractivity contribution in [2.45, 2.75) is 11.3 Å². The highest BCUT2D eigenvalue weighted by Crippen LogP contribution is 2.38. The number of nitrogens with zero attached hydrogens (tertiary/aromatic N) is 2. The molecule has 11 nitrogen and oxygen atoms in total. The number of methoxy groups -OCH3 is 3. The maximum atomic E-state index is 12.7. The molecule has 0 atom stereocenters. The molecule has 0 aliphatic carbocycles. The number of thioether (sulfide) groups is 1. The lowest BCUT2D eigenvalue weighted by Gasteiger charge is -2.13. The number of hydrogen-bond acceptors (Lipinski definition) is 10. The van der Waals surface area contributed by atoms with Gasteiger partial charge in [0.1, 0.15) is 0 Å². The predicted octanol–water partition coefficient (Wildman–Crippen LogP) is 3.51. The molecular weight excluding hydrogens is 494 g/mol. The van der Waals surface area contributed by atoms with Crippen molar-refractivity contribution in [3.63, 3.8) is 0 Å². The molecular formula is C22H23N5O6S2. The summed E-state index contributed by atoms with van der Waals surface area (Å²) in [5, 5.41) is 16.3. The quantitative estimate of drug-likeness (QED) is 0.272. The smallest absolute Gasteiger partial charge is 0.257 e. The third-order valence-electron chi connectivity index (χ3n) is 4.37. The Kier molecular flexibility index (Phi) is 8.86. The topological polar surface area (TPSA) is 141 Å². The lowest BCUT2D eigenvalue weighted by atomic mass is 10.1. The van der Waals surface area contributed by atoms with E-state index in [0.717, 1.165) is 11.3 Å². The van der Waals surface area contributed by atoms with Gasteiger partial charge in [-0.05, 0) is 36.4 Å². The van der Waals surface area contributed by atoms with Crippen LogP contribution in [0.1, 0.15) is 17.3 Å². The van der Waals surface area contributed by atoms with Gasteiger partial charge in [0.25, 0.3) is 5.91 Å². The molecule has 3 aromatic rings. The van der Waals surface area contributed by atoms with Crippen molar-refractivity contribution >= 4 is 57.3 Å². The third-order valence-corrected chi connectivity index (χ3v) is 6.34. The minimum atomic E-state index is -0.433. The molecule has 184 valence electrons. The van der Waals surface area contributed by atoms with Crippen molar-refractivity contribution in [2.24, 2.45) is 0 Å². The van der Waals surface area contributed by atoms with E-state index in [1.165, 1.54) is 52.1 Å². The van der Waals surface area contributed by atoms with Crippen LogP contribution in [0, 0.1) is 0 Å². The minimum absolute atomic E-state index is 0.100. The van der Waals surface area contributed by atoms with E-state index in [0.29, 0.717) is 33.0 Å². The largest absolute Gasteiger partial charge is 0.493 e. The van der Waals surface area contributed by atoms with Crippen molar-refractivity contribution in [3.8, 4) is 17.2 Å². The molecule has 0 spiro atoms. The van der Waals surface area contributed by atoms with E-state index in [2.05, 4.69) is 26.1 Å². The Labute approximate surface area is 209 Å². The van der Waals surface area contributed by atoms with Gasteiger partial charge < -0.3 is 24.8 Å². The standard InChI is InChI=1S/C22H23N5O6S2/c1-12(28)23-14-5-7-15(8-6-14)24-18(29)11-34-22-27-26-21(35-22)25-20(30)13-9-16(31-2)19(33-4)17(10-13)32-3/h5-10H,11H2,1-4H3,(H,23,28)(H,24,29)(H,25,26,30). The van der Waals surface area contributed by atoms with Crippen LogP contribution in [0.15, 0.2) is 40.7 Å². The minimum Gasteiger partial charge on any atom is -0.493 e. The van der Waals surface area contributed by atoms with Gasteiger partial charge in [-0.25, -0.2) is 0 Å². The predicted molar refractivity (Wildman–Crippen MR) is 134 cm³/mol. The summed E-state index contributed by atoms with van der Waals surface area (Å²) in [5.41, 5.74) is 1.52. The molecule has 35 heavy (non-hydrogen) atoms. The lowest BCUT2D eigenvalue weighted by Crippen LogP contribution is -2.14. The van der Waals surface area contributed by atoms with Crippen LogP contribution in [0.2, 0.25) is 0 Å². The second-order valence-electron chi connectivity index (χ2n) is 6.84. The zero-order valence-electron chi connectivity index (χ0n) is 19.3. The molecule has 3 N–H and O–H groups in total. The number of carbonyl (C=O) groups is 3. The van der Waals surface area contributed by atoms with Gasteiger partial charge in [0.2, 0.25) is 22.7 Å². The molecule has 0 unspecified atom stereocenters. The summed E-state index contributed by atoms with van der Waals surface area (Å²) >= 11 is 2.33. The molecule has 0 saturated heterocycles. The SMILES string of the molecule is COc1cc(C(=O)Nc2nnc(SCC(=O)Nc3ccc(NC(C)=O)cc3)s2)cc(OC)c1OC. The van der Waals surface area contributed by atoms with E-state index in [9.17, 15) is 14.4 Å². The monoisotopic (exact) mass is 517 g/mol. The van der Waals surface area contributed by atoms with Crippen molar-refractivity contribution in [1.82, 2.24) is 10.2 Å². The van der Waals surface area contributed by atoms with Gasteiger partial charge in [0.05, 0.1) is 27.1 Å². The summed E-state index contributed by atoms with van der Waals surface area (Å²) in [6.07, 6.45) is 0. The summed E-state index contributed by atoms with van der Waals surface area (Å²) < 4.78 is 16.3.